The van der Waals surface area contributed by atoms with E-state index in [-0.39, 0.29) is 18.3 Å². The predicted octanol–water partition coefficient (Wildman–Crippen LogP) is 3.47. The Kier molecular flexibility index (Phi) is 8.28. The van der Waals surface area contributed by atoms with Crippen LogP contribution in [0.3, 0.4) is 0 Å². The van der Waals surface area contributed by atoms with Gasteiger partial charge in [0.1, 0.15) is 5.75 Å². The maximum Gasteiger partial charge on any atom is 0.224 e. The fraction of sp³-hybridized carbons (Fsp3) is 0.588. The van der Waals surface area contributed by atoms with Crippen LogP contribution in [0, 0.1) is 11.8 Å². The molecule has 1 aromatic carbocycles. The molecule has 22 heavy (non-hydrogen) atoms. The summed E-state index contributed by atoms with van der Waals surface area (Å²) in [5.41, 5.74) is 0.766. The van der Waals surface area contributed by atoms with Crippen molar-refractivity contribution in [3.8, 4) is 5.75 Å². The van der Waals surface area contributed by atoms with E-state index >= 15 is 0 Å². The molecule has 1 aliphatic rings. The second-order valence-electron chi connectivity index (χ2n) is 5.75. The summed E-state index contributed by atoms with van der Waals surface area (Å²) < 4.78 is 5.54. The Bertz CT molecular complexity index is 462. The zero-order valence-electron chi connectivity index (χ0n) is 13.4. The van der Waals surface area contributed by atoms with E-state index in [9.17, 15) is 4.79 Å². The maximum absolute atomic E-state index is 12.2. The van der Waals surface area contributed by atoms with Crippen LogP contribution < -0.4 is 15.4 Å². The molecule has 2 rings (SSSR count). The number of hydrogen-bond donors (Lipinski definition) is 2. The number of piperidine rings is 1. The molecule has 1 unspecified atom stereocenters. The second-order valence-corrected chi connectivity index (χ2v) is 5.75. The monoisotopic (exact) mass is 326 g/mol. The molecule has 1 amide bonds. The van der Waals surface area contributed by atoms with Gasteiger partial charge >= 0.3 is 0 Å². The number of para-hydroxylation sites is 2. The van der Waals surface area contributed by atoms with Gasteiger partial charge < -0.3 is 15.4 Å². The van der Waals surface area contributed by atoms with Gasteiger partial charge in [0.15, 0.2) is 0 Å². The van der Waals surface area contributed by atoms with Crippen LogP contribution in [0.4, 0.5) is 5.69 Å². The third-order valence-electron chi connectivity index (χ3n) is 4.16. The number of ether oxygens (including phenoxy) is 1. The first kappa shape index (κ1) is 18.8. The highest BCUT2D eigenvalue weighted by Gasteiger charge is 2.22. The van der Waals surface area contributed by atoms with Crippen LogP contribution in [0.1, 0.15) is 33.1 Å². The Morgan fingerprint density at radius 1 is 1.36 bits per heavy atom. The summed E-state index contributed by atoms with van der Waals surface area (Å²) in [5, 5.41) is 6.35. The molecule has 1 atom stereocenters. The number of halogens is 1. The van der Waals surface area contributed by atoms with E-state index in [0.717, 1.165) is 24.5 Å². The molecule has 2 N–H and O–H groups in total. The second kappa shape index (κ2) is 9.70. The van der Waals surface area contributed by atoms with Gasteiger partial charge in [-0.3, -0.25) is 4.79 Å². The number of carbonyl (C=O) groups excluding carboxylic acids is 1. The molecule has 0 saturated carbocycles. The topological polar surface area (TPSA) is 50.4 Å². The summed E-state index contributed by atoms with van der Waals surface area (Å²) in [6.45, 7) is 6.87. The zero-order chi connectivity index (χ0) is 15.1. The van der Waals surface area contributed by atoms with E-state index in [1.54, 1.807) is 0 Å². The van der Waals surface area contributed by atoms with Gasteiger partial charge in [0.25, 0.3) is 0 Å². The molecule has 0 spiro atoms. The lowest BCUT2D eigenvalue weighted by molar-refractivity contribution is -0.117. The van der Waals surface area contributed by atoms with Crippen molar-refractivity contribution in [3.05, 3.63) is 24.3 Å². The summed E-state index contributed by atoms with van der Waals surface area (Å²) in [5.74, 6) is 1.89. The summed E-state index contributed by atoms with van der Waals surface area (Å²) in [4.78, 5) is 12.2. The van der Waals surface area contributed by atoms with E-state index in [0.29, 0.717) is 24.9 Å². The number of amides is 1. The number of hydrogen-bond acceptors (Lipinski definition) is 3. The molecule has 0 aromatic heterocycles. The minimum atomic E-state index is 0. The van der Waals surface area contributed by atoms with Crippen LogP contribution >= 0.6 is 12.4 Å². The van der Waals surface area contributed by atoms with E-state index < -0.39 is 0 Å². The average molecular weight is 327 g/mol. The fourth-order valence-electron chi connectivity index (χ4n) is 2.92. The molecule has 0 aliphatic carbocycles. The molecular weight excluding hydrogens is 300 g/mol. The Hall–Kier alpha value is -1.26. The highest BCUT2D eigenvalue weighted by molar-refractivity contribution is 5.92. The molecule has 1 aliphatic heterocycles. The summed E-state index contributed by atoms with van der Waals surface area (Å²) >= 11 is 0. The van der Waals surface area contributed by atoms with Crippen molar-refractivity contribution in [2.45, 2.75) is 33.1 Å². The Balaban J connectivity index is 0.00000242. The molecule has 1 fully saturated rings. The normalized spacial score (nSPS) is 16.5. The molecule has 0 bridgehead atoms. The highest BCUT2D eigenvalue weighted by Crippen LogP contribution is 2.27. The van der Waals surface area contributed by atoms with Crippen molar-refractivity contribution >= 4 is 24.0 Å². The minimum Gasteiger partial charge on any atom is -0.492 e. The molecule has 1 aromatic rings. The van der Waals surface area contributed by atoms with E-state index in [1.165, 1.54) is 12.8 Å². The Labute approximate surface area is 139 Å². The van der Waals surface area contributed by atoms with Gasteiger partial charge in [-0.2, -0.15) is 0 Å². The third kappa shape index (κ3) is 5.50. The third-order valence-corrected chi connectivity index (χ3v) is 4.16. The molecule has 4 nitrogen and oxygen atoms in total. The predicted molar refractivity (Wildman–Crippen MR) is 92.9 cm³/mol. The number of benzene rings is 1. The summed E-state index contributed by atoms with van der Waals surface area (Å²) in [6, 6.07) is 7.60. The van der Waals surface area contributed by atoms with Gasteiger partial charge in [0.2, 0.25) is 5.91 Å². The van der Waals surface area contributed by atoms with Gasteiger partial charge in [-0.25, -0.2) is 0 Å². The SMILES string of the molecule is CCOc1ccccc1NC(=O)CC(C)C1CCNCC1.Cl. The van der Waals surface area contributed by atoms with Crippen molar-refractivity contribution < 1.29 is 9.53 Å². The van der Waals surface area contributed by atoms with Gasteiger partial charge in [-0.15, -0.1) is 12.4 Å². The highest BCUT2D eigenvalue weighted by atomic mass is 35.5. The van der Waals surface area contributed by atoms with Crippen LogP contribution in [0.15, 0.2) is 24.3 Å². The van der Waals surface area contributed by atoms with Crippen LogP contribution in [0.2, 0.25) is 0 Å². The first-order chi connectivity index (χ1) is 10.2. The Morgan fingerprint density at radius 2 is 2.05 bits per heavy atom. The quantitative estimate of drug-likeness (QED) is 0.841. The largest absolute Gasteiger partial charge is 0.492 e. The van der Waals surface area contributed by atoms with E-state index in [2.05, 4.69) is 17.6 Å². The van der Waals surface area contributed by atoms with Crippen molar-refractivity contribution in [3.63, 3.8) is 0 Å². The van der Waals surface area contributed by atoms with Gasteiger partial charge in [0.05, 0.1) is 12.3 Å². The van der Waals surface area contributed by atoms with Crippen LogP contribution in [0.5, 0.6) is 5.75 Å². The van der Waals surface area contributed by atoms with Crippen LogP contribution in [0.25, 0.3) is 0 Å². The zero-order valence-corrected chi connectivity index (χ0v) is 14.2. The molecule has 5 heteroatoms. The molecule has 0 radical (unpaired) electrons. The molecular formula is C17H27ClN2O2. The number of anilines is 1. The standard InChI is InChI=1S/C17H26N2O2.ClH/c1-3-21-16-7-5-4-6-15(16)19-17(20)12-13(2)14-8-10-18-11-9-14;/h4-7,13-14,18H,3,8-12H2,1-2H3,(H,19,20);1H. The lowest BCUT2D eigenvalue weighted by Gasteiger charge is -2.28. The van der Waals surface area contributed by atoms with E-state index in [1.807, 2.05) is 31.2 Å². The van der Waals surface area contributed by atoms with Crippen molar-refractivity contribution in [1.29, 1.82) is 0 Å². The lowest BCUT2D eigenvalue weighted by Crippen LogP contribution is -2.32. The van der Waals surface area contributed by atoms with Gasteiger partial charge in [0, 0.05) is 6.42 Å². The van der Waals surface area contributed by atoms with Crippen molar-refractivity contribution in [2.24, 2.45) is 11.8 Å². The van der Waals surface area contributed by atoms with Crippen molar-refractivity contribution in [1.82, 2.24) is 5.32 Å². The van der Waals surface area contributed by atoms with Crippen molar-refractivity contribution in [2.75, 3.05) is 25.0 Å². The minimum absolute atomic E-state index is 0. The summed E-state index contributed by atoms with van der Waals surface area (Å²) in [6.07, 6.45) is 2.92. The van der Waals surface area contributed by atoms with E-state index in [4.69, 9.17) is 4.74 Å². The number of nitrogens with one attached hydrogen (secondary N) is 2. The average Bonchev–Trinajstić information content (AvgIpc) is 2.50. The van der Waals surface area contributed by atoms with Crippen LogP contribution in [-0.4, -0.2) is 25.6 Å². The molecule has 1 heterocycles. The Morgan fingerprint density at radius 3 is 2.73 bits per heavy atom. The first-order valence-electron chi connectivity index (χ1n) is 7.93. The van der Waals surface area contributed by atoms with Crippen LogP contribution in [-0.2, 0) is 4.79 Å². The lowest BCUT2D eigenvalue weighted by atomic mass is 9.84. The number of rotatable bonds is 6. The van der Waals surface area contributed by atoms with Gasteiger partial charge in [-0.05, 0) is 56.8 Å². The van der Waals surface area contributed by atoms with Gasteiger partial charge in [-0.1, -0.05) is 19.1 Å². The fourth-order valence-corrected chi connectivity index (χ4v) is 2.92. The molecule has 124 valence electrons. The maximum atomic E-state index is 12.2. The summed E-state index contributed by atoms with van der Waals surface area (Å²) in [7, 11) is 0. The first-order valence-corrected chi connectivity index (χ1v) is 7.93. The smallest absolute Gasteiger partial charge is 0.224 e. The molecule has 1 saturated heterocycles. The number of carbonyl (C=O) groups is 1.